The van der Waals surface area contributed by atoms with Crippen LogP contribution in [0.15, 0.2) is 115 Å². The summed E-state index contributed by atoms with van der Waals surface area (Å²) in [5.41, 5.74) is 1.22. The number of halogens is 2. The van der Waals surface area contributed by atoms with Gasteiger partial charge >= 0.3 is 11.9 Å². The van der Waals surface area contributed by atoms with Crippen LogP contribution in [0.4, 0.5) is 0 Å². The van der Waals surface area contributed by atoms with Gasteiger partial charge in [-0.25, -0.2) is 19.6 Å². The maximum atomic E-state index is 12.0. The molecule has 60 heavy (non-hydrogen) atoms. The van der Waals surface area contributed by atoms with Crippen molar-refractivity contribution in [1.29, 1.82) is 0 Å². The number of hydrogen-bond acceptors (Lipinski definition) is 11. The number of carbonyl (C=O) groups excluding carboxylic acids is 1. The summed E-state index contributed by atoms with van der Waals surface area (Å²) in [7, 11) is 0. The van der Waals surface area contributed by atoms with Gasteiger partial charge in [0.2, 0.25) is 11.8 Å². The summed E-state index contributed by atoms with van der Waals surface area (Å²) < 4.78 is 41.5. The van der Waals surface area contributed by atoms with E-state index in [0.29, 0.717) is 67.4 Å². The summed E-state index contributed by atoms with van der Waals surface area (Å²) in [6.07, 6.45) is 1.23. The average Bonchev–Trinajstić information content (AvgIpc) is 3.77. The second-order valence-electron chi connectivity index (χ2n) is 14.4. The maximum absolute atomic E-state index is 12.0. The van der Waals surface area contributed by atoms with Crippen molar-refractivity contribution in [2.24, 2.45) is 0 Å². The minimum Gasteiger partial charge on any atom is -0.493 e. The molecule has 14 heteroatoms. The molecule has 0 aliphatic carbocycles. The lowest BCUT2D eigenvalue weighted by molar-refractivity contribution is -0.158. The molecule has 6 aromatic rings. The fourth-order valence-electron chi connectivity index (χ4n) is 5.47. The molecule has 0 saturated carbocycles. The van der Waals surface area contributed by atoms with Crippen LogP contribution in [0.1, 0.15) is 57.5 Å². The van der Waals surface area contributed by atoms with Crippen molar-refractivity contribution in [3.8, 4) is 45.9 Å². The number of aliphatic carboxylic acids is 1. The molecule has 0 unspecified atom stereocenters. The van der Waals surface area contributed by atoms with Crippen molar-refractivity contribution >= 4 is 43.8 Å². The molecule has 1 N–H and O–H groups in total. The van der Waals surface area contributed by atoms with E-state index in [1.54, 1.807) is 69.3 Å². The van der Waals surface area contributed by atoms with Crippen LogP contribution >= 0.6 is 31.9 Å². The first-order chi connectivity index (χ1) is 28.5. The Morgan fingerprint density at radius 3 is 1.33 bits per heavy atom. The Morgan fingerprint density at radius 1 is 0.600 bits per heavy atom. The molecule has 0 amide bonds. The molecular weight excluding hydrogens is 900 g/mol. The van der Waals surface area contributed by atoms with Gasteiger partial charge in [0.15, 0.2) is 11.2 Å². The van der Waals surface area contributed by atoms with Crippen molar-refractivity contribution in [3.63, 3.8) is 0 Å². The van der Waals surface area contributed by atoms with Crippen LogP contribution < -0.4 is 18.9 Å². The molecule has 2 aromatic heterocycles. The van der Waals surface area contributed by atoms with Crippen molar-refractivity contribution in [2.45, 2.75) is 72.5 Å². The number of carbonyl (C=O) groups is 2. The number of ether oxygens (including phenoxy) is 5. The largest absolute Gasteiger partial charge is 0.493 e. The topological polar surface area (TPSA) is 153 Å². The number of esters is 1. The highest BCUT2D eigenvalue weighted by Crippen LogP contribution is 2.27. The molecule has 2 heterocycles. The van der Waals surface area contributed by atoms with Gasteiger partial charge in [-0.1, -0.05) is 31.9 Å². The van der Waals surface area contributed by atoms with Gasteiger partial charge in [0.25, 0.3) is 0 Å². The average molecular weight is 949 g/mol. The first kappa shape index (κ1) is 45.5. The predicted molar refractivity (Wildman–Crippen MR) is 234 cm³/mol. The van der Waals surface area contributed by atoms with Gasteiger partial charge in [-0.2, -0.15) is 0 Å². The zero-order valence-electron chi connectivity index (χ0n) is 34.5. The summed E-state index contributed by atoms with van der Waals surface area (Å²) in [4.78, 5) is 32.3. The molecular formula is C46H48Br2N2O10. The lowest BCUT2D eigenvalue weighted by Gasteiger charge is -2.24. The number of rotatable bonds is 17. The second-order valence-corrected chi connectivity index (χ2v) is 16.3. The van der Waals surface area contributed by atoms with E-state index in [9.17, 15) is 9.59 Å². The number of benzene rings is 4. The Kier molecular flexibility index (Phi) is 15.6. The van der Waals surface area contributed by atoms with Crippen LogP contribution in [-0.2, 0) is 27.2 Å². The first-order valence-electron chi connectivity index (χ1n) is 19.2. The third-order valence-electron chi connectivity index (χ3n) is 8.86. The molecule has 316 valence electrons. The second kappa shape index (κ2) is 20.6. The Bertz CT molecular complexity index is 2320. The Morgan fingerprint density at radius 2 is 0.967 bits per heavy atom. The van der Waals surface area contributed by atoms with Crippen molar-refractivity contribution < 1.29 is 47.2 Å². The van der Waals surface area contributed by atoms with Crippen LogP contribution in [0, 0.1) is 13.8 Å². The van der Waals surface area contributed by atoms with Gasteiger partial charge in [-0.05, 0) is 146 Å². The van der Waals surface area contributed by atoms with E-state index in [4.69, 9.17) is 37.6 Å². The lowest BCUT2D eigenvalue weighted by atomic mass is 10.1. The Labute approximate surface area is 366 Å². The lowest BCUT2D eigenvalue weighted by Crippen LogP contribution is -2.39. The van der Waals surface area contributed by atoms with Crippen molar-refractivity contribution in [1.82, 2.24) is 9.97 Å². The molecule has 4 aromatic carbocycles. The zero-order valence-corrected chi connectivity index (χ0v) is 37.7. The molecule has 0 radical (unpaired) electrons. The predicted octanol–water partition coefficient (Wildman–Crippen LogP) is 11.0. The summed E-state index contributed by atoms with van der Waals surface area (Å²) in [5, 5.41) is 9.13. The highest BCUT2D eigenvalue weighted by atomic mass is 79.9. The number of oxazole rings is 2. The highest BCUT2D eigenvalue weighted by Gasteiger charge is 2.32. The summed E-state index contributed by atoms with van der Waals surface area (Å²) in [6, 6.07) is 29.6. The molecule has 0 aliphatic rings. The third kappa shape index (κ3) is 12.9. The summed E-state index contributed by atoms with van der Waals surface area (Å²) in [5.74, 6) is 3.73. The SMILES string of the molecule is CCOC(=O)C(C)(C)Oc1ccc(OCCc2nc(-c3ccc(Br)cc3)oc2C)cc1.Cc1oc(-c2ccc(Br)cc2)nc1CCOc1ccc(OC(C)(C)C(=O)O)cc1. The van der Waals surface area contributed by atoms with Crippen LogP contribution in [-0.4, -0.2) is 58.0 Å². The fraction of sp³-hybridized carbons (Fsp3) is 0.304. The van der Waals surface area contributed by atoms with Gasteiger partial charge in [-0.15, -0.1) is 0 Å². The van der Waals surface area contributed by atoms with E-state index in [1.165, 1.54) is 13.8 Å². The first-order valence-corrected chi connectivity index (χ1v) is 20.8. The monoisotopic (exact) mass is 946 g/mol. The van der Waals surface area contributed by atoms with E-state index in [-0.39, 0.29) is 0 Å². The smallest absolute Gasteiger partial charge is 0.349 e. The van der Waals surface area contributed by atoms with Crippen LogP contribution in [0.3, 0.4) is 0 Å². The fourth-order valence-corrected chi connectivity index (χ4v) is 6.00. The van der Waals surface area contributed by atoms with Crippen molar-refractivity contribution in [3.05, 3.63) is 129 Å². The van der Waals surface area contributed by atoms with Crippen LogP contribution in [0.5, 0.6) is 23.0 Å². The summed E-state index contributed by atoms with van der Waals surface area (Å²) >= 11 is 6.85. The number of aromatic nitrogens is 2. The number of carboxylic acid groups (broad SMARTS) is 1. The van der Waals surface area contributed by atoms with E-state index in [1.807, 2.05) is 62.4 Å². The van der Waals surface area contributed by atoms with Gasteiger partial charge in [0, 0.05) is 32.9 Å². The third-order valence-corrected chi connectivity index (χ3v) is 9.92. The number of nitrogens with zero attached hydrogens (tertiary/aromatic N) is 2. The Hall–Kier alpha value is -5.60. The van der Waals surface area contributed by atoms with E-state index in [0.717, 1.165) is 43.0 Å². The summed E-state index contributed by atoms with van der Waals surface area (Å²) in [6.45, 7) is 13.1. The van der Waals surface area contributed by atoms with E-state index >= 15 is 0 Å². The van der Waals surface area contributed by atoms with Gasteiger partial charge < -0.3 is 37.6 Å². The minimum atomic E-state index is -1.29. The molecule has 6 rings (SSSR count). The van der Waals surface area contributed by atoms with Gasteiger partial charge in [-0.3, -0.25) is 0 Å². The quantitative estimate of drug-likeness (QED) is 0.0866. The normalized spacial score (nSPS) is 11.3. The zero-order chi connectivity index (χ0) is 43.5. The molecule has 0 bridgehead atoms. The highest BCUT2D eigenvalue weighted by molar-refractivity contribution is 9.10. The molecule has 12 nitrogen and oxygen atoms in total. The van der Waals surface area contributed by atoms with Crippen molar-refractivity contribution in [2.75, 3.05) is 19.8 Å². The van der Waals surface area contributed by atoms with Gasteiger partial charge in [0.1, 0.15) is 34.5 Å². The van der Waals surface area contributed by atoms with Crippen LogP contribution in [0.25, 0.3) is 22.9 Å². The molecule has 0 atom stereocenters. The van der Waals surface area contributed by atoms with Crippen LogP contribution in [0.2, 0.25) is 0 Å². The Balaban J connectivity index is 0.000000228. The number of aryl methyl sites for hydroxylation is 2. The molecule has 0 aliphatic heterocycles. The van der Waals surface area contributed by atoms with E-state index < -0.39 is 23.1 Å². The van der Waals surface area contributed by atoms with Gasteiger partial charge in [0.05, 0.1) is 31.2 Å². The number of hydrogen-bond donors (Lipinski definition) is 1. The van der Waals surface area contributed by atoms with E-state index in [2.05, 4.69) is 41.8 Å². The standard InChI is InChI=1S/C24H26BrNO5.C22H22BrNO5/c1-5-28-23(27)24(3,4)31-20-12-10-19(11-13-20)29-15-14-21-16(2)30-22(26-21)17-6-8-18(25)9-7-17;1-14-19(24-20(28-14)15-4-6-16(23)7-5-15)12-13-27-17-8-10-18(11-9-17)29-22(2,3)21(25)26/h6-13H,5,14-15H2,1-4H3;4-11H,12-13H2,1-3H3,(H,25,26). The minimum absolute atomic E-state index is 0.314. The molecule has 0 fully saturated rings. The number of carboxylic acids is 1. The maximum Gasteiger partial charge on any atom is 0.349 e. The molecule has 0 spiro atoms. The molecule has 0 saturated heterocycles.